The summed E-state index contributed by atoms with van der Waals surface area (Å²) < 4.78 is 12.0. The van der Waals surface area contributed by atoms with Gasteiger partial charge in [0.05, 0.1) is 17.7 Å². The maximum atomic E-state index is 12.0. The molecule has 0 aliphatic heterocycles. The summed E-state index contributed by atoms with van der Waals surface area (Å²) in [5, 5.41) is 0. The van der Waals surface area contributed by atoms with E-state index in [4.69, 9.17) is 9.15 Å². The number of ether oxygens (including phenoxy) is 1. The lowest BCUT2D eigenvalue weighted by molar-refractivity contribution is 0.0496. The number of carbonyl (C=O) groups is 1. The first kappa shape index (κ1) is 16.1. The van der Waals surface area contributed by atoms with E-state index in [1.807, 2.05) is 30.3 Å². The molecule has 0 N–H and O–H groups in total. The van der Waals surface area contributed by atoms with E-state index < -0.39 is 5.76 Å². The molecule has 0 saturated carbocycles. The van der Waals surface area contributed by atoms with Gasteiger partial charge in [0, 0.05) is 6.54 Å². The number of rotatable bonds is 6. The molecule has 0 unspecified atom stereocenters. The van der Waals surface area contributed by atoms with E-state index in [-0.39, 0.29) is 12.6 Å². The van der Waals surface area contributed by atoms with Crippen molar-refractivity contribution in [3.63, 3.8) is 0 Å². The average Bonchev–Trinajstić information content (AvgIpc) is 2.94. The van der Waals surface area contributed by atoms with Crippen LogP contribution in [0.15, 0.2) is 57.7 Å². The average molecular weight is 325 g/mol. The Morgan fingerprint density at radius 2 is 1.88 bits per heavy atom. The van der Waals surface area contributed by atoms with Gasteiger partial charge in [-0.05, 0) is 42.7 Å². The van der Waals surface area contributed by atoms with E-state index in [0.29, 0.717) is 24.1 Å². The summed E-state index contributed by atoms with van der Waals surface area (Å²) in [7, 11) is 0. The molecule has 0 bridgehead atoms. The quantitative estimate of drug-likeness (QED) is 0.515. The van der Waals surface area contributed by atoms with Gasteiger partial charge in [0.2, 0.25) is 0 Å². The topological polar surface area (TPSA) is 61.4 Å². The number of hydrogen-bond donors (Lipinski definition) is 0. The number of esters is 1. The molecule has 1 aromatic heterocycles. The molecule has 3 rings (SSSR count). The van der Waals surface area contributed by atoms with Crippen LogP contribution in [0.25, 0.3) is 11.1 Å². The molecule has 0 fully saturated rings. The van der Waals surface area contributed by atoms with Crippen LogP contribution in [0.3, 0.4) is 0 Å². The van der Waals surface area contributed by atoms with Crippen molar-refractivity contribution < 1.29 is 13.9 Å². The smallest absolute Gasteiger partial charge is 0.419 e. The molecule has 3 aromatic rings. The largest absolute Gasteiger partial charge is 0.462 e. The van der Waals surface area contributed by atoms with Crippen LogP contribution in [0, 0.1) is 0 Å². The predicted molar refractivity (Wildman–Crippen MR) is 91.2 cm³/mol. The Morgan fingerprint density at radius 1 is 1.12 bits per heavy atom. The fourth-order valence-corrected chi connectivity index (χ4v) is 2.57. The van der Waals surface area contributed by atoms with Crippen LogP contribution >= 0.6 is 0 Å². The van der Waals surface area contributed by atoms with Crippen molar-refractivity contribution in [2.24, 2.45) is 0 Å². The second-order valence-electron chi connectivity index (χ2n) is 5.53. The van der Waals surface area contributed by atoms with Gasteiger partial charge in [0.25, 0.3) is 0 Å². The lowest BCUT2D eigenvalue weighted by Gasteiger charge is -2.06. The van der Waals surface area contributed by atoms with Crippen molar-refractivity contribution in [2.75, 3.05) is 6.61 Å². The van der Waals surface area contributed by atoms with Gasteiger partial charge >= 0.3 is 11.7 Å². The molecule has 2 aromatic carbocycles. The molecule has 1 heterocycles. The van der Waals surface area contributed by atoms with Gasteiger partial charge in [-0.2, -0.15) is 0 Å². The standard InChI is InChI=1S/C19H19NO4/c1-2-14-8-10-15(11-9-14)18(21)23-13-5-12-20-16-6-3-4-7-17(16)24-19(20)22/h3-4,6-11H,2,5,12-13H2,1H3. The first-order chi connectivity index (χ1) is 11.7. The summed E-state index contributed by atoms with van der Waals surface area (Å²) in [5.74, 6) is -0.736. The number of oxazole rings is 1. The molecule has 0 saturated heterocycles. The highest BCUT2D eigenvalue weighted by Crippen LogP contribution is 2.12. The van der Waals surface area contributed by atoms with Crippen molar-refractivity contribution in [1.29, 1.82) is 0 Å². The first-order valence-corrected chi connectivity index (χ1v) is 8.03. The third-order valence-electron chi connectivity index (χ3n) is 3.93. The number of para-hydroxylation sites is 2. The maximum Gasteiger partial charge on any atom is 0.419 e. The van der Waals surface area contributed by atoms with Crippen LogP contribution in [-0.4, -0.2) is 17.1 Å². The number of aryl methyl sites for hydroxylation is 2. The van der Waals surface area contributed by atoms with Crippen LogP contribution in [0.1, 0.15) is 29.3 Å². The van der Waals surface area contributed by atoms with Crippen molar-refractivity contribution in [2.45, 2.75) is 26.3 Å². The number of hydrogen-bond acceptors (Lipinski definition) is 4. The third-order valence-corrected chi connectivity index (χ3v) is 3.93. The van der Waals surface area contributed by atoms with E-state index in [0.717, 1.165) is 11.9 Å². The minimum atomic E-state index is -0.391. The van der Waals surface area contributed by atoms with Crippen molar-refractivity contribution in [1.82, 2.24) is 4.57 Å². The summed E-state index contributed by atoms with van der Waals surface area (Å²) in [4.78, 5) is 23.8. The van der Waals surface area contributed by atoms with Gasteiger partial charge in [-0.1, -0.05) is 31.2 Å². The Kier molecular flexibility index (Phi) is 4.79. The zero-order valence-corrected chi connectivity index (χ0v) is 13.5. The van der Waals surface area contributed by atoms with Crippen molar-refractivity contribution in [3.8, 4) is 0 Å². The Labute approximate surface area is 139 Å². The van der Waals surface area contributed by atoms with Gasteiger partial charge in [0.15, 0.2) is 5.58 Å². The highest BCUT2D eigenvalue weighted by molar-refractivity contribution is 5.89. The second kappa shape index (κ2) is 7.17. The molecule has 24 heavy (non-hydrogen) atoms. The molecule has 5 heteroatoms. The normalized spacial score (nSPS) is 10.9. The van der Waals surface area contributed by atoms with Crippen LogP contribution in [-0.2, 0) is 17.7 Å². The fourth-order valence-electron chi connectivity index (χ4n) is 2.57. The Balaban J connectivity index is 1.55. The van der Waals surface area contributed by atoms with Crippen molar-refractivity contribution in [3.05, 3.63) is 70.2 Å². The summed E-state index contributed by atoms with van der Waals surface area (Å²) in [6.07, 6.45) is 1.48. The number of carbonyl (C=O) groups excluding carboxylic acids is 1. The van der Waals surface area contributed by atoms with Gasteiger partial charge < -0.3 is 9.15 Å². The maximum absolute atomic E-state index is 12.0. The molecule has 0 atom stereocenters. The molecule has 124 valence electrons. The first-order valence-electron chi connectivity index (χ1n) is 8.03. The number of benzene rings is 2. The second-order valence-corrected chi connectivity index (χ2v) is 5.53. The summed E-state index contributed by atoms with van der Waals surface area (Å²) in [6, 6.07) is 14.7. The van der Waals surface area contributed by atoms with E-state index in [2.05, 4.69) is 6.92 Å². The Bertz CT molecular complexity index is 890. The molecular weight excluding hydrogens is 306 g/mol. The fraction of sp³-hybridized carbons (Fsp3) is 0.263. The number of nitrogens with zero attached hydrogens (tertiary/aromatic N) is 1. The zero-order valence-electron chi connectivity index (χ0n) is 13.5. The van der Waals surface area contributed by atoms with Gasteiger partial charge in [-0.15, -0.1) is 0 Å². The van der Waals surface area contributed by atoms with Crippen LogP contribution in [0.2, 0.25) is 0 Å². The van der Waals surface area contributed by atoms with Crippen LogP contribution in [0.5, 0.6) is 0 Å². The monoisotopic (exact) mass is 325 g/mol. The van der Waals surface area contributed by atoms with Crippen LogP contribution in [0.4, 0.5) is 0 Å². The molecule has 0 radical (unpaired) electrons. The molecule has 0 aliphatic rings. The van der Waals surface area contributed by atoms with E-state index in [1.165, 1.54) is 5.56 Å². The van der Waals surface area contributed by atoms with Gasteiger partial charge in [-0.3, -0.25) is 4.57 Å². The SMILES string of the molecule is CCc1ccc(C(=O)OCCCn2c(=O)oc3ccccc32)cc1. The summed E-state index contributed by atoms with van der Waals surface area (Å²) in [5.41, 5.74) is 3.04. The molecular formula is C19H19NO4. The third kappa shape index (κ3) is 3.40. The molecule has 5 nitrogen and oxygen atoms in total. The van der Waals surface area contributed by atoms with E-state index in [1.54, 1.807) is 22.8 Å². The highest BCUT2D eigenvalue weighted by atomic mass is 16.5. The van der Waals surface area contributed by atoms with Crippen molar-refractivity contribution >= 4 is 17.1 Å². The Hall–Kier alpha value is -2.82. The summed E-state index contributed by atoms with van der Waals surface area (Å²) in [6.45, 7) is 2.76. The summed E-state index contributed by atoms with van der Waals surface area (Å²) >= 11 is 0. The minimum absolute atomic E-state index is 0.250. The molecule has 0 aliphatic carbocycles. The Morgan fingerprint density at radius 3 is 2.62 bits per heavy atom. The molecule has 0 amide bonds. The zero-order chi connectivity index (χ0) is 16.9. The van der Waals surface area contributed by atoms with E-state index >= 15 is 0 Å². The number of aromatic nitrogens is 1. The van der Waals surface area contributed by atoms with Gasteiger partial charge in [-0.25, -0.2) is 9.59 Å². The predicted octanol–water partition coefficient (Wildman–Crippen LogP) is 3.40. The van der Waals surface area contributed by atoms with Gasteiger partial charge in [0.1, 0.15) is 0 Å². The number of fused-ring (bicyclic) bond motifs is 1. The minimum Gasteiger partial charge on any atom is -0.462 e. The lowest BCUT2D eigenvalue weighted by atomic mass is 10.1. The lowest BCUT2D eigenvalue weighted by Crippen LogP contribution is -2.16. The van der Waals surface area contributed by atoms with Crippen LogP contribution < -0.4 is 5.76 Å². The highest BCUT2D eigenvalue weighted by Gasteiger charge is 2.09. The molecule has 0 spiro atoms. The van der Waals surface area contributed by atoms with E-state index in [9.17, 15) is 9.59 Å².